The summed E-state index contributed by atoms with van der Waals surface area (Å²) in [6, 6.07) is 8.08. The molecule has 0 saturated carbocycles. The molecule has 0 N–H and O–H groups in total. The molecule has 0 fully saturated rings. The van der Waals surface area contributed by atoms with Gasteiger partial charge in [0.2, 0.25) is 5.78 Å². The molecule has 8 nitrogen and oxygen atoms in total. The van der Waals surface area contributed by atoms with Crippen molar-refractivity contribution in [1.29, 1.82) is 0 Å². The SMILES string of the molecule is CCOCCn1c(=O)c2c(nc3n(-c4cccc(C)c4)c(C)cn23)n(C)c1=O. The highest BCUT2D eigenvalue weighted by Gasteiger charge is 2.20. The summed E-state index contributed by atoms with van der Waals surface area (Å²) in [7, 11) is 1.64. The molecule has 0 spiro atoms. The number of ether oxygens (including phenoxy) is 1. The Morgan fingerprint density at radius 1 is 1.18 bits per heavy atom. The molecule has 1 aromatic carbocycles. The molecule has 0 aliphatic carbocycles. The normalized spacial score (nSPS) is 11.7. The number of nitrogens with zero attached hydrogens (tertiary/aromatic N) is 5. The van der Waals surface area contributed by atoms with Crippen molar-refractivity contribution in [3.63, 3.8) is 0 Å². The van der Waals surface area contributed by atoms with Crippen molar-refractivity contribution in [3.05, 3.63) is 62.6 Å². The first-order chi connectivity index (χ1) is 13.4. The van der Waals surface area contributed by atoms with Gasteiger partial charge in [0.05, 0.1) is 13.2 Å². The van der Waals surface area contributed by atoms with E-state index in [1.54, 1.807) is 11.4 Å². The third-order valence-corrected chi connectivity index (χ3v) is 4.95. The number of imidazole rings is 2. The van der Waals surface area contributed by atoms with Gasteiger partial charge in [0, 0.05) is 31.2 Å². The fraction of sp³-hybridized carbons (Fsp3) is 0.350. The fourth-order valence-electron chi connectivity index (χ4n) is 3.59. The van der Waals surface area contributed by atoms with Crippen molar-refractivity contribution in [2.45, 2.75) is 27.3 Å². The van der Waals surface area contributed by atoms with E-state index in [0.29, 0.717) is 30.2 Å². The molecule has 0 aliphatic rings. The van der Waals surface area contributed by atoms with E-state index in [-0.39, 0.29) is 12.1 Å². The average molecular weight is 381 g/mol. The Morgan fingerprint density at radius 2 is 1.96 bits per heavy atom. The molecule has 4 rings (SSSR count). The van der Waals surface area contributed by atoms with Crippen LogP contribution in [0.3, 0.4) is 0 Å². The number of hydrogen-bond donors (Lipinski definition) is 0. The third kappa shape index (κ3) is 2.68. The van der Waals surface area contributed by atoms with Gasteiger partial charge in [0.15, 0.2) is 11.2 Å². The second-order valence-corrected chi connectivity index (χ2v) is 6.89. The Labute approximate surface area is 161 Å². The van der Waals surface area contributed by atoms with Gasteiger partial charge in [-0.05, 0) is 38.5 Å². The molecule has 3 aromatic heterocycles. The van der Waals surface area contributed by atoms with Gasteiger partial charge in [0.1, 0.15) is 0 Å². The summed E-state index contributed by atoms with van der Waals surface area (Å²) in [6.45, 7) is 6.93. The first kappa shape index (κ1) is 18.2. The van der Waals surface area contributed by atoms with E-state index >= 15 is 0 Å². The van der Waals surface area contributed by atoms with Crippen molar-refractivity contribution in [1.82, 2.24) is 23.1 Å². The van der Waals surface area contributed by atoms with Gasteiger partial charge in [-0.25, -0.2) is 4.79 Å². The first-order valence-electron chi connectivity index (χ1n) is 9.28. The molecule has 4 aromatic rings. The zero-order chi connectivity index (χ0) is 20.0. The predicted octanol–water partition coefficient (Wildman–Crippen LogP) is 1.79. The van der Waals surface area contributed by atoms with Crippen LogP contribution in [0.25, 0.3) is 22.6 Å². The van der Waals surface area contributed by atoms with Crippen LogP contribution in [0, 0.1) is 13.8 Å². The van der Waals surface area contributed by atoms with Crippen molar-refractivity contribution in [3.8, 4) is 5.69 Å². The first-order valence-corrected chi connectivity index (χ1v) is 9.28. The maximum Gasteiger partial charge on any atom is 0.332 e. The minimum Gasteiger partial charge on any atom is -0.380 e. The molecule has 0 atom stereocenters. The Morgan fingerprint density at radius 3 is 2.68 bits per heavy atom. The minimum atomic E-state index is -0.392. The van der Waals surface area contributed by atoms with E-state index in [4.69, 9.17) is 4.74 Å². The van der Waals surface area contributed by atoms with Gasteiger partial charge < -0.3 is 4.74 Å². The monoisotopic (exact) mass is 381 g/mol. The van der Waals surface area contributed by atoms with Crippen molar-refractivity contribution < 1.29 is 4.74 Å². The number of aromatic nitrogens is 5. The van der Waals surface area contributed by atoms with Crippen molar-refractivity contribution in [2.75, 3.05) is 13.2 Å². The zero-order valence-electron chi connectivity index (χ0n) is 16.5. The molecule has 28 heavy (non-hydrogen) atoms. The van der Waals surface area contributed by atoms with Crippen LogP contribution in [0.1, 0.15) is 18.2 Å². The molecule has 146 valence electrons. The van der Waals surface area contributed by atoms with E-state index in [1.807, 2.05) is 49.7 Å². The average Bonchev–Trinajstić information content (AvgIpc) is 3.17. The van der Waals surface area contributed by atoms with Gasteiger partial charge >= 0.3 is 5.69 Å². The van der Waals surface area contributed by atoms with E-state index < -0.39 is 5.69 Å². The maximum atomic E-state index is 13.1. The summed E-state index contributed by atoms with van der Waals surface area (Å²) < 4.78 is 11.7. The van der Waals surface area contributed by atoms with Crippen LogP contribution < -0.4 is 11.2 Å². The Hall–Kier alpha value is -3.13. The van der Waals surface area contributed by atoms with Gasteiger partial charge in [0.25, 0.3) is 5.56 Å². The molecule has 3 heterocycles. The van der Waals surface area contributed by atoms with Gasteiger partial charge in [-0.15, -0.1) is 0 Å². The topological polar surface area (TPSA) is 75.5 Å². The van der Waals surface area contributed by atoms with E-state index in [2.05, 4.69) is 11.1 Å². The number of fused-ring (bicyclic) bond motifs is 3. The van der Waals surface area contributed by atoms with Crippen LogP contribution in [0.4, 0.5) is 0 Å². The van der Waals surface area contributed by atoms with Crippen LogP contribution in [0.2, 0.25) is 0 Å². The summed E-state index contributed by atoms with van der Waals surface area (Å²) in [5.74, 6) is 0.604. The second kappa shape index (κ2) is 6.79. The maximum absolute atomic E-state index is 13.1. The second-order valence-electron chi connectivity index (χ2n) is 6.89. The highest BCUT2D eigenvalue weighted by Crippen LogP contribution is 2.21. The van der Waals surface area contributed by atoms with Crippen molar-refractivity contribution in [2.24, 2.45) is 7.05 Å². The zero-order valence-corrected chi connectivity index (χ0v) is 16.5. The highest BCUT2D eigenvalue weighted by atomic mass is 16.5. The lowest BCUT2D eigenvalue weighted by atomic mass is 10.2. The quantitative estimate of drug-likeness (QED) is 0.494. The van der Waals surface area contributed by atoms with Gasteiger partial charge in [-0.3, -0.25) is 22.9 Å². The lowest BCUT2D eigenvalue weighted by molar-refractivity contribution is 0.137. The number of rotatable bonds is 5. The number of aryl methyl sites for hydroxylation is 3. The summed E-state index contributed by atoms with van der Waals surface area (Å²) >= 11 is 0. The summed E-state index contributed by atoms with van der Waals surface area (Å²) in [5, 5.41) is 0. The van der Waals surface area contributed by atoms with Crippen LogP contribution in [0.15, 0.2) is 40.1 Å². The molecule has 8 heteroatoms. The molecule has 0 amide bonds. The summed E-state index contributed by atoms with van der Waals surface area (Å²) in [5.41, 5.74) is 3.06. The lowest BCUT2D eigenvalue weighted by Gasteiger charge is -2.08. The molecular formula is C20H23N5O3. The Kier molecular flexibility index (Phi) is 4.43. The fourth-order valence-corrected chi connectivity index (χ4v) is 3.59. The van der Waals surface area contributed by atoms with Crippen molar-refractivity contribution >= 4 is 16.9 Å². The molecule has 0 saturated heterocycles. The number of benzene rings is 1. The van der Waals surface area contributed by atoms with Gasteiger partial charge in [-0.1, -0.05) is 12.1 Å². The standard InChI is InChI=1S/C20H23N5O3/c1-5-28-10-9-23-18(26)16-17(22(4)20(23)27)21-19-24(16)12-14(3)25(19)15-8-6-7-13(2)11-15/h6-8,11-12H,5,9-10H2,1-4H3. The van der Waals surface area contributed by atoms with E-state index in [1.165, 1.54) is 9.13 Å². The largest absolute Gasteiger partial charge is 0.380 e. The molecular weight excluding hydrogens is 358 g/mol. The minimum absolute atomic E-state index is 0.208. The molecule has 0 radical (unpaired) electrons. The predicted molar refractivity (Wildman–Crippen MR) is 107 cm³/mol. The van der Waals surface area contributed by atoms with Crippen LogP contribution >= 0.6 is 0 Å². The smallest absolute Gasteiger partial charge is 0.332 e. The van der Waals surface area contributed by atoms with E-state index in [0.717, 1.165) is 16.9 Å². The van der Waals surface area contributed by atoms with Crippen LogP contribution in [-0.4, -0.2) is 36.3 Å². The van der Waals surface area contributed by atoms with E-state index in [9.17, 15) is 9.59 Å². The lowest BCUT2D eigenvalue weighted by Crippen LogP contribution is -2.40. The number of hydrogen-bond acceptors (Lipinski definition) is 4. The Balaban J connectivity index is 2.02. The highest BCUT2D eigenvalue weighted by molar-refractivity contribution is 5.76. The molecule has 0 unspecified atom stereocenters. The molecule has 0 aliphatic heterocycles. The van der Waals surface area contributed by atoms with Crippen LogP contribution in [-0.2, 0) is 18.3 Å². The van der Waals surface area contributed by atoms with Crippen LogP contribution in [0.5, 0.6) is 0 Å². The Bertz CT molecular complexity index is 1310. The van der Waals surface area contributed by atoms with Gasteiger partial charge in [-0.2, -0.15) is 4.98 Å². The third-order valence-electron chi connectivity index (χ3n) is 4.95. The summed E-state index contributed by atoms with van der Waals surface area (Å²) in [6.07, 6.45) is 1.88. The molecule has 0 bridgehead atoms. The summed E-state index contributed by atoms with van der Waals surface area (Å²) in [4.78, 5) is 30.4.